The minimum absolute atomic E-state index is 0.0191. The van der Waals surface area contributed by atoms with E-state index >= 15 is 0 Å². The maximum Gasteiger partial charge on any atom is 0.312 e. The van der Waals surface area contributed by atoms with Gasteiger partial charge in [0.2, 0.25) is 0 Å². The van der Waals surface area contributed by atoms with E-state index in [0.717, 1.165) is 5.39 Å². The van der Waals surface area contributed by atoms with E-state index in [1.807, 2.05) is 6.07 Å². The molecule has 0 spiro atoms. The van der Waals surface area contributed by atoms with Gasteiger partial charge in [-0.1, -0.05) is 12.7 Å². The van der Waals surface area contributed by atoms with Crippen LogP contribution in [-0.2, 0) is 16.3 Å². The zero-order valence-electron chi connectivity index (χ0n) is 21.9. The first-order chi connectivity index (χ1) is 16.3. The second-order valence-corrected chi connectivity index (χ2v) is 8.72. The summed E-state index contributed by atoms with van der Waals surface area (Å²) in [6.07, 6.45) is 2.79. The molecule has 1 aliphatic carbocycles. The zero-order valence-corrected chi connectivity index (χ0v) is 17.9. The minimum Gasteiger partial charge on any atom is -0.443 e. The van der Waals surface area contributed by atoms with E-state index in [1.54, 1.807) is 48.6 Å². The molecule has 3 heterocycles. The molecule has 0 N–H and O–H groups in total. The Morgan fingerprint density at radius 2 is 2.16 bits per heavy atom. The Bertz CT molecular complexity index is 1270. The van der Waals surface area contributed by atoms with Crippen LogP contribution in [0.15, 0.2) is 31.0 Å². The topological polar surface area (TPSA) is 98.6 Å². The first-order valence-corrected chi connectivity index (χ1v) is 10.2. The summed E-state index contributed by atoms with van der Waals surface area (Å²) in [5.74, 6) is -0.685. The van der Waals surface area contributed by atoms with E-state index < -0.39 is 24.2 Å². The van der Waals surface area contributed by atoms with Crippen molar-refractivity contribution >= 4 is 17.0 Å². The smallest absolute Gasteiger partial charge is 0.312 e. The number of carbonyl (C=O) groups excluding carboxylic acids is 1. The maximum absolute atomic E-state index is 12.1. The second kappa shape index (κ2) is 8.50. The van der Waals surface area contributed by atoms with Gasteiger partial charge in [-0.25, -0.2) is 9.97 Å². The van der Waals surface area contributed by atoms with Gasteiger partial charge in [-0.3, -0.25) is 14.0 Å². The quantitative estimate of drug-likeness (QED) is 0.541. The SMILES string of the molecule is [2H]C1([2H])CC(C(CC#N)n2cc(-c3ncnc4c3ccn4COC(=O)C(C)(C)C)cn2)CC1([2H])[2H]. The number of hydrogen-bond donors (Lipinski definition) is 0. The highest BCUT2D eigenvalue weighted by Crippen LogP contribution is 2.36. The van der Waals surface area contributed by atoms with E-state index in [1.165, 1.54) is 6.33 Å². The Hall–Kier alpha value is -3.21. The fourth-order valence-electron chi connectivity index (χ4n) is 3.64. The number of esters is 1. The molecule has 1 fully saturated rings. The Kier molecular flexibility index (Phi) is 4.52. The van der Waals surface area contributed by atoms with Crippen LogP contribution in [0.1, 0.15) is 64.3 Å². The fourth-order valence-corrected chi connectivity index (χ4v) is 3.64. The van der Waals surface area contributed by atoms with Gasteiger partial charge >= 0.3 is 5.97 Å². The number of ether oxygens (including phenoxy) is 1. The maximum atomic E-state index is 12.1. The van der Waals surface area contributed by atoms with Crippen molar-refractivity contribution in [2.75, 3.05) is 0 Å². The van der Waals surface area contributed by atoms with Crippen LogP contribution in [-0.4, -0.2) is 30.3 Å². The van der Waals surface area contributed by atoms with Gasteiger partial charge < -0.3 is 4.74 Å². The molecular formula is C23H28N6O2. The zero-order chi connectivity index (χ0) is 25.6. The minimum atomic E-state index is -1.96. The van der Waals surface area contributed by atoms with Gasteiger partial charge in [0.05, 0.1) is 35.8 Å². The van der Waals surface area contributed by atoms with E-state index in [4.69, 9.17) is 10.2 Å². The van der Waals surface area contributed by atoms with Gasteiger partial charge in [-0.2, -0.15) is 10.4 Å². The predicted octanol–water partition coefficient (Wildman–Crippen LogP) is 4.49. The van der Waals surface area contributed by atoms with E-state index in [9.17, 15) is 10.1 Å². The Labute approximate surface area is 187 Å². The highest BCUT2D eigenvalue weighted by atomic mass is 16.5. The molecule has 0 amide bonds. The number of nitrogens with zero attached hydrogens (tertiary/aromatic N) is 6. The average Bonchev–Trinajstić information content (AvgIpc) is 3.46. The molecule has 1 unspecified atom stereocenters. The standard InChI is InChI=1S/C23H28N6O2/c1-23(2,3)22(30)31-15-28-11-9-18-20(25-14-26-21(18)28)17-12-27-29(13-17)19(8-10-24)16-6-4-5-7-16/h9,11-14,16,19H,4-8,15H2,1-3H3/i4D2,5D2. The van der Waals surface area contributed by atoms with Gasteiger partial charge in [0, 0.05) is 28.8 Å². The first kappa shape index (κ1) is 16.5. The van der Waals surface area contributed by atoms with Crippen molar-refractivity contribution in [3.8, 4) is 17.3 Å². The highest BCUT2D eigenvalue weighted by molar-refractivity contribution is 5.90. The van der Waals surface area contributed by atoms with Crippen LogP contribution in [0.3, 0.4) is 0 Å². The van der Waals surface area contributed by atoms with Gasteiger partial charge in [-0.05, 0) is 45.6 Å². The molecule has 1 aliphatic rings. The number of rotatable bonds is 6. The third-order valence-electron chi connectivity index (χ3n) is 5.42. The summed E-state index contributed by atoms with van der Waals surface area (Å²) < 4.78 is 41.0. The normalized spacial score (nSPS) is 21.0. The number of carbonyl (C=O) groups is 1. The summed E-state index contributed by atoms with van der Waals surface area (Å²) in [6, 6.07) is 3.51. The molecule has 1 saturated carbocycles. The van der Waals surface area contributed by atoms with Crippen molar-refractivity contribution in [1.82, 2.24) is 24.3 Å². The molecule has 0 aliphatic heterocycles. The third kappa shape index (κ3) is 4.31. The Morgan fingerprint density at radius 3 is 2.87 bits per heavy atom. The van der Waals surface area contributed by atoms with E-state index in [2.05, 4.69) is 21.1 Å². The second-order valence-electron chi connectivity index (χ2n) is 8.72. The molecule has 0 aromatic carbocycles. The van der Waals surface area contributed by atoms with Gasteiger partial charge in [0.25, 0.3) is 0 Å². The average molecular weight is 425 g/mol. The molecule has 1 atom stereocenters. The van der Waals surface area contributed by atoms with Crippen LogP contribution in [0.4, 0.5) is 0 Å². The number of fused-ring (bicyclic) bond motifs is 1. The summed E-state index contributed by atoms with van der Waals surface area (Å²) in [5.41, 5.74) is 1.29. The van der Waals surface area contributed by atoms with E-state index in [-0.39, 0.29) is 37.9 Å². The Morgan fingerprint density at radius 1 is 1.39 bits per heavy atom. The molecule has 0 saturated heterocycles. The molecule has 0 radical (unpaired) electrons. The number of hydrogen-bond acceptors (Lipinski definition) is 6. The summed E-state index contributed by atoms with van der Waals surface area (Å²) in [5, 5.41) is 14.6. The number of aromatic nitrogens is 5. The molecule has 31 heavy (non-hydrogen) atoms. The van der Waals surface area contributed by atoms with Crippen molar-refractivity contribution < 1.29 is 15.0 Å². The summed E-state index contributed by atoms with van der Waals surface area (Å²) in [4.78, 5) is 20.9. The van der Waals surface area contributed by atoms with Crippen molar-refractivity contribution in [2.24, 2.45) is 11.3 Å². The summed E-state index contributed by atoms with van der Waals surface area (Å²) in [7, 11) is 0. The molecule has 3 aromatic heterocycles. The highest BCUT2D eigenvalue weighted by Gasteiger charge is 2.27. The first-order valence-electron chi connectivity index (χ1n) is 12.2. The Balaban J connectivity index is 1.61. The van der Waals surface area contributed by atoms with Crippen LogP contribution in [0.5, 0.6) is 0 Å². The predicted molar refractivity (Wildman–Crippen MR) is 116 cm³/mol. The molecule has 3 aromatic rings. The molecule has 8 heteroatoms. The van der Waals surface area contributed by atoms with Gasteiger partial charge in [-0.15, -0.1) is 0 Å². The molecule has 8 nitrogen and oxygen atoms in total. The van der Waals surface area contributed by atoms with Gasteiger partial charge in [0.1, 0.15) is 12.0 Å². The lowest BCUT2D eigenvalue weighted by Gasteiger charge is -2.21. The fraction of sp³-hybridized carbons (Fsp3) is 0.522. The van der Waals surface area contributed by atoms with Crippen LogP contribution in [0.25, 0.3) is 22.3 Å². The van der Waals surface area contributed by atoms with E-state index in [0.29, 0.717) is 16.9 Å². The lowest BCUT2D eigenvalue weighted by Crippen LogP contribution is -2.23. The summed E-state index contributed by atoms with van der Waals surface area (Å²) >= 11 is 0. The van der Waals surface area contributed by atoms with Crippen LogP contribution < -0.4 is 0 Å². The lowest BCUT2D eigenvalue weighted by molar-refractivity contribution is -0.156. The van der Waals surface area contributed by atoms with Gasteiger partial charge in [0.15, 0.2) is 6.73 Å². The lowest BCUT2D eigenvalue weighted by atomic mass is 9.96. The number of nitriles is 1. The summed E-state index contributed by atoms with van der Waals surface area (Å²) in [6.45, 7) is 5.38. The molecule has 4 rings (SSSR count). The van der Waals surface area contributed by atoms with Crippen molar-refractivity contribution in [3.05, 3.63) is 31.0 Å². The molecular weight excluding hydrogens is 392 g/mol. The molecule has 162 valence electrons. The van der Waals surface area contributed by atoms with Crippen LogP contribution >= 0.6 is 0 Å². The third-order valence-corrected chi connectivity index (χ3v) is 5.42. The van der Waals surface area contributed by atoms with Crippen molar-refractivity contribution in [2.45, 2.75) is 65.6 Å². The molecule has 0 bridgehead atoms. The van der Waals surface area contributed by atoms with Crippen LogP contribution in [0.2, 0.25) is 0 Å². The van der Waals surface area contributed by atoms with Crippen molar-refractivity contribution in [1.29, 1.82) is 5.26 Å². The van der Waals surface area contributed by atoms with Crippen LogP contribution in [0, 0.1) is 22.7 Å². The monoisotopic (exact) mass is 424 g/mol. The van der Waals surface area contributed by atoms with Crippen molar-refractivity contribution in [3.63, 3.8) is 0 Å². The largest absolute Gasteiger partial charge is 0.443 e.